The van der Waals surface area contributed by atoms with E-state index in [9.17, 15) is 3.83 Å². The van der Waals surface area contributed by atoms with Gasteiger partial charge in [-0.05, 0) is 0 Å². The van der Waals surface area contributed by atoms with Crippen molar-refractivity contribution in [3.8, 4) is 0 Å². The maximum atomic E-state index is 12.2. The van der Waals surface area contributed by atoms with Gasteiger partial charge in [0.1, 0.15) is 0 Å². The first-order valence-corrected chi connectivity index (χ1v) is 7.67. The molecular weight excluding hydrogens is 239 g/mol. The van der Waals surface area contributed by atoms with Crippen LogP contribution in [0.2, 0.25) is 4.82 Å². The van der Waals surface area contributed by atoms with E-state index < -0.39 is 13.8 Å². The summed E-state index contributed by atoms with van der Waals surface area (Å²) in [6, 6.07) is 9.89. The van der Waals surface area contributed by atoms with Crippen molar-refractivity contribution in [3.63, 3.8) is 0 Å². The zero-order chi connectivity index (χ0) is 10.6. The van der Waals surface area contributed by atoms with E-state index in [1.165, 1.54) is 0 Å². The fraction of sp³-hybridized carbons (Fsp3) is 0.500. The van der Waals surface area contributed by atoms with Gasteiger partial charge in [0.25, 0.3) is 0 Å². The molecule has 0 aliphatic carbocycles. The molecule has 0 aliphatic rings. The van der Waals surface area contributed by atoms with Crippen molar-refractivity contribution >= 4 is 18.3 Å². The average molecular weight is 257 g/mol. The summed E-state index contributed by atoms with van der Waals surface area (Å²) >= 11 is -1.84. The van der Waals surface area contributed by atoms with Crippen molar-refractivity contribution in [3.05, 3.63) is 30.3 Å². The van der Waals surface area contributed by atoms with E-state index in [2.05, 4.69) is 20.8 Å². The van der Waals surface area contributed by atoms with Gasteiger partial charge in [0.15, 0.2) is 0 Å². The van der Waals surface area contributed by atoms with E-state index in [-0.39, 0.29) is 0 Å². The molecule has 1 aromatic carbocycles. The Balaban J connectivity index is 2.84. The van der Waals surface area contributed by atoms with Gasteiger partial charge in [-0.1, -0.05) is 0 Å². The fourth-order valence-electron chi connectivity index (χ4n) is 1.60. The van der Waals surface area contributed by atoms with Crippen LogP contribution in [0.25, 0.3) is 0 Å². The van der Waals surface area contributed by atoms with Gasteiger partial charge in [-0.3, -0.25) is 0 Å². The monoisotopic (exact) mass is 258 g/mol. The first-order valence-electron chi connectivity index (χ1n) is 5.12. The third kappa shape index (κ3) is 2.76. The summed E-state index contributed by atoms with van der Waals surface area (Å²) in [4.78, 5) is 0.373. The number of hydrogen-bond acceptors (Lipinski definition) is 1. The molecule has 0 amide bonds. The summed E-state index contributed by atoms with van der Waals surface area (Å²) in [5.74, 6) is 0.516. The van der Waals surface area contributed by atoms with Gasteiger partial charge in [0.05, 0.1) is 0 Å². The summed E-state index contributed by atoms with van der Waals surface area (Å²) < 4.78 is 13.3. The standard InChI is InChI=1S/C12H18OSe/c1-4-12(10(2)3)14(13)11-8-6-5-7-9-11/h5-10,12H,4H2,1-3H3. The molecule has 1 rings (SSSR count). The molecule has 2 atom stereocenters. The molecule has 0 aromatic heterocycles. The van der Waals surface area contributed by atoms with Gasteiger partial charge in [-0.15, -0.1) is 0 Å². The van der Waals surface area contributed by atoms with Gasteiger partial charge >= 0.3 is 90.4 Å². The predicted molar refractivity (Wildman–Crippen MR) is 61.4 cm³/mol. The molecule has 0 aliphatic heterocycles. The van der Waals surface area contributed by atoms with Crippen molar-refractivity contribution < 1.29 is 3.83 Å². The minimum atomic E-state index is -1.84. The predicted octanol–water partition coefficient (Wildman–Crippen LogP) is 2.75. The molecule has 0 bridgehead atoms. The molecule has 78 valence electrons. The molecule has 2 heteroatoms. The quantitative estimate of drug-likeness (QED) is 0.758. The zero-order valence-electron chi connectivity index (χ0n) is 9.07. The van der Waals surface area contributed by atoms with Gasteiger partial charge in [0.2, 0.25) is 0 Å². The van der Waals surface area contributed by atoms with Crippen molar-refractivity contribution in [2.75, 3.05) is 0 Å². The van der Waals surface area contributed by atoms with Crippen molar-refractivity contribution in [2.24, 2.45) is 5.92 Å². The van der Waals surface area contributed by atoms with Crippen LogP contribution in [0.3, 0.4) is 0 Å². The van der Waals surface area contributed by atoms with E-state index in [4.69, 9.17) is 0 Å². The summed E-state index contributed by atoms with van der Waals surface area (Å²) in [7, 11) is 0. The Morgan fingerprint density at radius 3 is 2.21 bits per heavy atom. The molecule has 0 N–H and O–H groups in total. The Bertz CT molecular complexity index is 292. The second-order valence-corrected chi connectivity index (χ2v) is 7.31. The topological polar surface area (TPSA) is 17.1 Å². The van der Waals surface area contributed by atoms with Crippen molar-refractivity contribution in [1.82, 2.24) is 0 Å². The SMILES string of the molecule is CCC(C(C)C)[Se](=O)c1ccccc1. The fourth-order valence-corrected chi connectivity index (χ4v) is 4.90. The van der Waals surface area contributed by atoms with Crippen LogP contribution in [0.5, 0.6) is 0 Å². The van der Waals surface area contributed by atoms with E-state index in [0.29, 0.717) is 10.7 Å². The molecule has 0 radical (unpaired) electrons. The molecule has 0 saturated carbocycles. The first kappa shape index (κ1) is 11.6. The van der Waals surface area contributed by atoms with Gasteiger partial charge < -0.3 is 0 Å². The molecule has 0 heterocycles. The van der Waals surface area contributed by atoms with Crippen molar-refractivity contribution in [2.45, 2.75) is 32.0 Å². The second-order valence-electron chi connectivity index (χ2n) is 3.80. The van der Waals surface area contributed by atoms with Crippen molar-refractivity contribution in [1.29, 1.82) is 0 Å². The van der Waals surface area contributed by atoms with Crippen LogP contribution in [0.1, 0.15) is 27.2 Å². The third-order valence-electron chi connectivity index (χ3n) is 2.40. The Morgan fingerprint density at radius 1 is 1.21 bits per heavy atom. The first-order chi connectivity index (χ1) is 6.66. The molecule has 1 aromatic rings. The van der Waals surface area contributed by atoms with Gasteiger partial charge in [-0.2, -0.15) is 0 Å². The number of rotatable bonds is 4. The van der Waals surface area contributed by atoms with Gasteiger partial charge in [0, 0.05) is 0 Å². The van der Waals surface area contributed by atoms with Crippen LogP contribution in [-0.2, 0) is 3.83 Å². The van der Waals surface area contributed by atoms with E-state index >= 15 is 0 Å². The summed E-state index contributed by atoms with van der Waals surface area (Å²) in [5.41, 5.74) is 0. The maximum absolute atomic E-state index is 12.2. The van der Waals surface area contributed by atoms with E-state index in [1.807, 2.05) is 30.3 Å². The van der Waals surface area contributed by atoms with Crippen LogP contribution < -0.4 is 4.46 Å². The minimum absolute atomic E-state index is 0.373. The molecule has 0 saturated heterocycles. The van der Waals surface area contributed by atoms with E-state index in [1.54, 1.807) is 0 Å². The van der Waals surface area contributed by atoms with E-state index in [0.717, 1.165) is 10.9 Å². The molecule has 2 unspecified atom stereocenters. The van der Waals surface area contributed by atoms with Crippen LogP contribution in [0, 0.1) is 5.92 Å². The van der Waals surface area contributed by atoms with Crippen LogP contribution >= 0.6 is 0 Å². The number of hydrogen-bond donors (Lipinski definition) is 0. The second kappa shape index (κ2) is 5.43. The molecule has 14 heavy (non-hydrogen) atoms. The summed E-state index contributed by atoms with van der Waals surface area (Å²) in [5, 5.41) is 0. The van der Waals surface area contributed by atoms with Crippen LogP contribution in [0.4, 0.5) is 0 Å². The summed E-state index contributed by atoms with van der Waals surface area (Å²) in [6.07, 6.45) is 1.01. The molecular formula is C12H18OSe. The Kier molecular flexibility index (Phi) is 4.50. The molecule has 0 spiro atoms. The molecule has 0 fully saturated rings. The van der Waals surface area contributed by atoms with Gasteiger partial charge in [-0.25, -0.2) is 0 Å². The Hall–Kier alpha value is -0.461. The Labute approximate surface area is 90.6 Å². The number of benzene rings is 1. The zero-order valence-corrected chi connectivity index (χ0v) is 10.8. The summed E-state index contributed by atoms with van der Waals surface area (Å²) in [6.45, 7) is 6.44. The Morgan fingerprint density at radius 2 is 1.79 bits per heavy atom. The van der Waals surface area contributed by atoms with Crippen LogP contribution in [-0.4, -0.2) is 13.8 Å². The van der Waals surface area contributed by atoms with Crippen LogP contribution in [0.15, 0.2) is 30.3 Å². The molecule has 1 nitrogen and oxygen atoms in total. The third-order valence-corrected chi connectivity index (χ3v) is 6.94. The normalized spacial score (nSPS) is 15.4. The average Bonchev–Trinajstić information content (AvgIpc) is 2.19.